The molecule has 2 saturated carbocycles. The Morgan fingerprint density at radius 2 is 1.82 bits per heavy atom. The van der Waals surface area contributed by atoms with Crippen molar-refractivity contribution >= 4 is 5.78 Å². The number of fused-ring (bicyclic) bond motifs is 5. The number of hydrogen-bond donors (Lipinski definition) is 1. The molecule has 0 heterocycles. The first-order valence-corrected chi connectivity index (χ1v) is 10.6. The Hall–Kier alpha value is -2.29. The van der Waals surface area contributed by atoms with Crippen LogP contribution in [0.25, 0.3) is 11.1 Å². The summed E-state index contributed by atoms with van der Waals surface area (Å²) in [5.74, 6) is 3.33. The van der Waals surface area contributed by atoms with Gasteiger partial charge in [0.15, 0.2) is 0 Å². The van der Waals surface area contributed by atoms with Crippen LogP contribution in [0.2, 0.25) is 0 Å². The monoisotopic (exact) mass is 376 g/mol. The number of carbonyl (C=O) groups excluding carboxylic acids is 1. The molecular formula is C25H28O3. The van der Waals surface area contributed by atoms with Crippen LogP contribution in [-0.4, -0.2) is 18.0 Å². The summed E-state index contributed by atoms with van der Waals surface area (Å²) in [5.41, 5.74) is 4.65. The lowest BCUT2D eigenvalue weighted by Crippen LogP contribution is -2.42. The molecule has 1 N–H and O–H groups in total. The Balaban J connectivity index is 1.56. The number of ketones is 1. The van der Waals surface area contributed by atoms with E-state index in [1.54, 1.807) is 7.11 Å². The molecule has 0 amide bonds. The summed E-state index contributed by atoms with van der Waals surface area (Å²) in [6.07, 6.45) is 6.03. The summed E-state index contributed by atoms with van der Waals surface area (Å²) in [5, 5.41) is 10.7. The number of Topliss-reactive ketones (excluding diaryl/α,β-unsaturated/α-hetero) is 1. The fourth-order valence-electron chi connectivity index (χ4n) is 6.51. The Morgan fingerprint density at radius 3 is 2.57 bits per heavy atom. The van der Waals surface area contributed by atoms with Crippen molar-refractivity contribution < 1.29 is 14.6 Å². The van der Waals surface area contributed by atoms with Crippen LogP contribution in [0.3, 0.4) is 0 Å². The van der Waals surface area contributed by atoms with E-state index in [0.29, 0.717) is 29.3 Å². The summed E-state index contributed by atoms with van der Waals surface area (Å²) in [6.45, 7) is 2.22. The molecule has 0 spiro atoms. The number of phenols is 1. The van der Waals surface area contributed by atoms with Crippen molar-refractivity contribution in [3.05, 3.63) is 47.5 Å². The highest BCUT2D eigenvalue weighted by Gasteiger charge is 2.54. The van der Waals surface area contributed by atoms with Crippen LogP contribution in [0.1, 0.15) is 56.1 Å². The van der Waals surface area contributed by atoms with E-state index >= 15 is 0 Å². The molecular weight excluding hydrogens is 348 g/mol. The third-order valence-electron chi connectivity index (χ3n) is 7.98. The molecule has 0 radical (unpaired) electrons. The third kappa shape index (κ3) is 2.45. The summed E-state index contributed by atoms with van der Waals surface area (Å²) in [7, 11) is 1.67. The Bertz CT molecular complexity index is 930. The van der Waals surface area contributed by atoms with Gasteiger partial charge in [-0.2, -0.15) is 0 Å². The topological polar surface area (TPSA) is 46.5 Å². The first-order chi connectivity index (χ1) is 13.5. The van der Waals surface area contributed by atoms with E-state index in [1.165, 1.54) is 11.1 Å². The van der Waals surface area contributed by atoms with Crippen molar-refractivity contribution in [3.63, 3.8) is 0 Å². The SMILES string of the molecule is COc1ccc(-c2c(O)ccc3c2CC[C@@H]2[C@@H]3CC[C@]3(C)C(=O)CC[C@@H]23)cc1. The van der Waals surface area contributed by atoms with E-state index in [2.05, 4.69) is 13.0 Å². The largest absolute Gasteiger partial charge is 0.507 e. The lowest BCUT2D eigenvalue weighted by molar-refractivity contribution is -0.129. The van der Waals surface area contributed by atoms with Crippen molar-refractivity contribution in [2.75, 3.05) is 7.11 Å². The van der Waals surface area contributed by atoms with E-state index in [0.717, 1.165) is 55.4 Å². The Morgan fingerprint density at radius 1 is 1.04 bits per heavy atom. The highest BCUT2D eigenvalue weighted by molar-refractivity contribution is 5.87. The van der Waals surface area contributed by atoms with Crippen LogP contribution in [0, 0.1) is 17.3 Å². The number of phenolic OH excluding ortho intramolecular Hbond substituents is 1. The van der Waals surface area contributed by atoms with E-state index < -0.39 is 0 Å². The predicted octanol–water partition coefficient (Wildman–Crippen LogP) is 5.49. The standard InChI is InChI=1S/C25H28O3/c1-25-14-13-18-17-9-11-22(26)24(15-3-5-16(28-2)6-4-15)20(17)8-7-19(18)21(25)10-12-23(25)27/h3-6,9,11,18-19,21,26H,7-8,10,12-14H2,1-2H3/t18-,19-,21+,25+/m1/s1. The maximum Gasteiger partial charge on any atom is 0.139 e. The van der Waals surface area contributed by atoms with Crippen molar-refractivity contribution in [1.82, 2.24) is 0 Å². The molecule has 0 aliphatic heterocycles. The average Bonchev–Trinajstić information content (AvgIpc) is 3.02. The first-order valence-electron chi connectivity index (χ1n) is 10.6. The van der Waals surface area contributed by atoms with Crippen LogP contribution in [0.4, 0.5) is 0 Å². The van der Waals surface area contributed by atoms with Crippen molar-refractivity contribution in [1.29, 1.82) is 0 Å². The molecule has 146 valence electrons. The minimum atomic E-state index is -0.0889. The van der Waals surface area contributed by atoms with Crippen LogP contribution < -0.4 is 4.74 Å². The van der Waals surface area contributed by atoms with Gasteiger partial charge in [-0.15, -0.1) is 0 Å². The van der Waals surface area contributed by atoms with E-state index in [9.17, 15) is 9.90 Å². The van der Waals surface area contributed by atoms with E-state index in [4.69, 9.17) is 4.74 Å². The van der Waals surface area contributed by atoms with E-state index in [-0.39, 0.29) is 5.41 Å². The number of ether oxygens (including phenoxy) is 1. The van der Waals surface area contributed by atoms with Gasteiger partial charge in [-0.25, -0.2) is 0 Å². The zero-order valence-corrected chi connectivity index (χ0v) is 16.7. The average molecular weight is 376 g/mol. The summed E-state index contributed by atoms with van der Waals surface area (Å²) >= 11 is 0. The van der Waals surface area contributed by atoms with Crippen molar-refractivity contribution in [3.8, 4) is 22.6 Å². The molecule has 0 saturated heterocycles. The number of rotatable bonds is 2. The number of carbonyl (C=O) groups is 1. The number of benzene rings is 2. The molecule has 2 aromatic carbocycles. The molecule has 3 aliphatic carbocycles. The fourth-order valence-corrected chi connectivity index (χ4v) is 6.51. The fraction of sp³-hybridized carbons (Fsp3) is 0.480. The number of methoxy groups -OCH3 is 1. The normalized spacial score (nSPS) is 31.1. The minimum absolute atomic E-state index is 0.0889. The van der Waals surface area contributed by atoms with Crippen molar-refractivity contribution in [2.45, 2.75) is 51.4 Å². The van der Waals surface area contributed by atoms with Crippen LogP contribution in [0.15, 0.2) is 36.4 Å². The van der Waals surface area contributed by atoms with Gasteiger partial charge in [-0.3, -0.25) is 4.79 Å². The molecule has 3 aliphatic rings. The van der Waals surface area contributed by atoms with Gasteiger partial charge in [0.05, 0.1) is 7.11 Å². The van der Waals surface area contributed by atoms with Gasteiger partial charge in [-0.1, -0.05) is 25.1 Å². The molecule has 0 bridgehead atoms. The molecule has 28 heavy (non-hydrogen) atoms. The second-order valence-electron chi connectivity index (χ2n) is 9.09. The van der Waals surface area contributed by atoms with Gasteiger partial charge in [0.25, 0.3) is 0 Å². The van der Waals surface area contributed by atoms with Gasteiger partial charge < -0.3 is 9.84 Å². The third-order valence-corrected chi connectivity index (χ3v) is 7.98. The van der Waals surface area contributed by atoms with Crippen LogP contribution >= 0.6 is 0 Å². The molecule has 2 aromatic rings. The zero-order chi connectivity index (χ0) is 19.5. The maximum atomic E-state index is 12.5. The maximum absolute atomic E-state index is 12.5. The Labute approximate surface area is 166 Å². The molecule has 0 aromatic heterocycles. The van der Waals surface area contributed by atoms with Gasteiger partial charge in [0.2, 0.25) is 0 Å². The zero-order valence-electron chi connectivity index (χ0n) is 16.7. The summed E-state index contributed by atoms with van der Waals surface area (Å²) in [4.78, 5) is 12.5. The second kappa shape index (κ2) is 6.37. The number of hydrogen-bond acceptors (Lipinski definition) is 3. The predicted molar refractivity (Wildman–Crippen MR) is 110 cm³/mol. The molecule has 0 unspecified atom stereocenters. The molecule has 3 heteroatoms. The smallest absolute Gasteiger partial charge is 0.139 e. The quantitative estimate of drug-likeness (QED) is 0.753. The minimum Gasteiger partial charge on any atom is -0.507 e. The highest BCUT2D eigenvalue weighted by atomic mass is 16.5. The van der Waals surface area contributed by atoms with Gasteiger partial charge in [0.1, 0.15) is 17.3 Å². The summed E-state index contributed by atoms with van der Waals surface area (Å²) < 4.78 is 5.29. The summed E-state index contributed by atoms with van der Waals surface area (Å²) in [6, 6.07) is 12.0. The Kier molecular flexibility index (Phi) is 4.04. The van der Waals surface area contributed by atoms with Gasteiger partial charge in [-0.05, 0) is 84.7 Å². The number of aromatic hydroxyl groups is 1. The van der Waals surface area contributed by atoms with Gasteiger partial charge in [0, 0.05) is 17.4 Å². The lowest BCUT2D eigenvalue weighted by atomic mass is 9.55. The second-order valence-corrected chi connectivity index (χ2v) is 9.09. The lowest BCUT2D eigenvalue weighted by Gasteiger charge is -2.48. The molecule has 3 nitrogen and oxygen atoms in total. The van der Waals surface area contributed by atoms with Crippen molar-refractivity contribution in [2.24, 2.45) is 17.3 Å². The molecule has 2 fully saturated rings. The molecule has 5 rings (SSSR count). The van der Waals surface area contributed by atoms with Crippen LogP contribution in [0.5, 0.6) is 11.5 Å². The molecule has 4 atom stereocenters. The van der Waals surface area contributed by atoms with E-state index in [1.807, 2.05) is 30.3 Å². The van der Waals surface area contributed by atoms with Gasteiger partial charge >= 0.3 is 0 Å². The first kappa shape index (κ1) is 17.8. The van der Waals surface area contributed by atoms with Crippen LogP contribution in [-0.2, 0) is 11.2 Å². The highest BCUT2D eigenvalue weighted by Crippen LogP contribution is 2.60.